The van der Waals surface area contributed by atoms with Crippen molar-refractivity contribution in [1.29, 1.82) is 0 Å². The normalized spacial score (nSPS) is 10.5. The molecular weight excluding hydrogens is 352 g/mol. The summed E-state index contributed by atoms with van der Waals surface area (Å²) in [6.45, 7) is 3.66. The van der Waals surface area contributed by atoms with E-state index in [1.807, 2.05) is 13.0 Å². The van der Waals surface area contributed by atoms with E-state index in [-0.39, 0.29) is 17.0 Å². The molecule has 0 unspecified atom stereocenters. The number of anilines is 1. The number of benzene rings is 2. The molecule has 0 saturated carbocycles. The lowest BCUT2D eigenvalue weighted by molar-refractivity contribution is -0.385. The minimum Gasteiger partial charge on any atom is -0.490 e. The maximum atomic E-state index is 12.5. The fourth-order valence-electron chi connectivity index (χ4n) is 2.55. The maximum absolute atomic E-state index is 12.5. The molecule has 0 bridgehead atoms. The Morgan fingerprint density at radius 1 is 1.22 bits per heavy atom. The summed E-state index contributed by atoms with van der Waals surface area (Å²) in [7, 11) is 1.33. The first-order chi connectivity index (χ1) is 12.9. The van der Waals surface area contributed by atoms with Crippen LogP contribution in [0.3, 0.4) is 0 Å². The second kappa shape index (κ2) is 7.20. The number of nitrogens with one attached hydrogen (secondary N) is 1. The van der Waals surface area contributed by atoms with Gasteiger partial charge in [0, 0.05) is 17.3 Å². The Balaban J connectivity index is 1.90. The summed E-state index contributed by atoms with van der Waals surface area (Å²) in [6.07, 6.45) is 0. The average Bonchev–Trinajstić information content (AvgIpc) is 3.08. The highest BCUT2D eigenvalue weighted by Gasteiger charge is 2.18. The zero-order valence-electron chi connectivity index (χ0n) is 14.8. The Morgan fingerprint density at radius 3 is 2.63 bits per heavy atom. The first-order valence-corrected chi connectivity index (χ1v) is 7.90. The Morgan fingerprint density at radius 2 is 2.00 bits per heavy atom. The van der Waals surface area contributed by atoms with Gasteiger partial charge in [-0.2, -0.15) is 4.68 Å². The third kappa shape index (κ3) is 3.59. The number of nitro groups is 1. The Hall–Kier alpha value is -3.82. The van der Waals surface area contributed by atoms with Gasteiger partial charge in [-0.25, -0.2) is 0 Å². The van der Waals surface area contributed by atoms with E-state index in [2.05, 4.69) is 20.8 Å². The lowest BCUT2D eigenvalue weighted by Gasteiger charge is -2.11. The molecule has 27 heavy (non-hydrogen) atoms. The summed E-state index contributed by atoms with van der Waals surface area (Å²) >= 11 is 0. The van der Waals surface area contributed by atoms with Crippen LogP contribution < -0.4 is 10.1 Å². The fraction of sp³-hybridized carbons (Fsp3) is 0.176. The molecule has 1 amide bonds. The van der Waals surface area contributed by atoms with Crippen LogP contribution in [-0.4, -0.2) is 38.1 Å². The maximum Gasteiger partial charge on any atom is 0.311 e. The van der Waals surface area contributed by atoms with E-state index in [9.17, 15) is 14.9 Å². The number of carbonyl (C=O) groups excluding carboxylic acids is 1. The number of aryl methyl sites for hydroxylation is 2. The molecule has 0 fully saturated rings. The molecule has 0 aliphatic heterocycles. The van der Waals surface area contributed by atoms with Gasteiger partial charge in [-0.3, -0.25) is 14.9 Å². The summed E-state index contributed by atoms with van der Waals surface area (Å²) < 4.78 is 6.50. The zero-order valence-corrected chi connectivity index (χ0v) is 14.8. The van der Waals surface area contributed by atoms with E-state index >= 15 is 0 Å². The second-order valence-electron chi connectivity index (χ2n) is 5.74. The highest BCUT2D eigenvalue weighted by molar-refractivity contribution is 6.05. The monoisotopic (exact) mass is 368 g/mol. The minimum atomic E-state index is -0.597. The van der Waals surface area contributed by atoms with E-state index < -0.39 is 10.8 Å². The SMILES string of the molecule is COc1ccc(C(=O)Nc2ccc(C)c(-n3nnnc3C)c2)cc1[N+](=O)[O-]. The van der Waals surface area contributed by atoms with Crippen molar-refractivity contribution in [2.24, 2.45) is 0 Å². The molecule has 0 aliphatic carbocycles. The second-order valence-corrected chi connectivity index (χ2v) is 5.74. The van der Waals surface area contributed by atoms with Crippen molar-refractivity contribution in [3.63, 3.8) is 0 Å². The number of nitro benzene ring substituents is 1. The van der Waals surface area contributed by atoms with E-state index in [0.29, 0.717) is 11.5 Å². The van der Waals surface area contributed by atoms with Gasteiger partial charge in [0.15, 0.2) is 11.6 Å². The first-order valence-electron chi connectivity index (χ1n) is 7.90. The molecule has 0 aliphatic rings. The topological polar surface area (TPSA) is 125 Å². The van der Waals surface area contributed by atoms with Crippen molar-refractivity contribution in [3.8, 4) is 11.4 Å². The van der Waals surface area contributed by atoms with Gasteiger partial charge in [0.05, 0.1) is 17.7 Å². The van der Waals surface area contributed by atoms with Gasteiger partial charge in [0.25, 0.3) is 5.91 Å². The molecule has 1 heterocycles. The predicted molar refractivity (Wildman–Crippen MR) is 96.2 cm³/mol. The van der Waals surface area contributed by atoms with Crippen molar-refractivity contribution in [2.75, 3.05) is 12.4 Å². The smallest absolute Gasteiger partial charge is 0.311 e. The summed E-state index contributed by atoms with van der Waals surface area (Å²) in [5.74, 6) is 0.208. The molecule has 0 saturated heterocycles. The van der Waals surface area contributed by atoms with Crippen molar-refractivity contribution < 1.29 is 14.5 Å². The van der Waals surface area contributed by atoms with Gasteiger partial charge in [-0.15, -0.1) is 5.10 Å². The molecule has 1 N–H and O–H groups in total. The average molecular weight is 368 g/mol. The highest BCUT2D eigenvalue weighted by atomic mass is 16.6. The molecule has 3 rings (SSSR count). The molecule has 10 heteroatoms. The Labute approximate surface area is 153 Å². The van der Waals surface area contributed by atoms with Crippen LogP contribution in [0.5, 0.6) is 5.75 Å². The molecular formula is C17H16N6O4. The summed E-state index contributed by atoms with van der Waals surface area (Å²) in [6, 6.07) is 9.31. The lowest BCUT2D eigenvalue weighted by Crippen LogP contribution is -2.13. The number of tetrazole rings is 1. The number of ether oxygens (including phenoxy) is 1. The molecule has 0 spiro atoms. The predicted octanol–water partition coefficient (Wildman–Crippen LogP) is 2.45. The van der Waals surface area contributed by atoms with E-state index in [1.165, 1.54) is 25.3 Å². The quantitative estimate of drug-likeness (QED) is 0.541. The van der Waals surface area contributed by atoms with Crippen molar-refractivity contribution >= 4 is 17.3 Å². The standard InChI is InChI=1S/C17H16N6O4/c1-10-4-6-13(9-14(10)22-11(2)19-20-21-22)18-17(24)12-5-7-16(27-3)15(8-12)23(25)26/h4-9H,1-3H3,(H,18,24). The van der Waals surface area contributed by atoms with Gasteiger partial charge < -0.3 is 10.1 Å². The Bertz CT molecular complexity index is 1030. The third-order valence-corrected chi connectivity index (χ3v) is 3.96. The largest absolute Gasteiger partial charge is 0.490 e. The lowest BCUT2D eigenvalue weighted by atomic mass is 10.1. The number of rotatable bonds is 5. The van der Waals surface area contributed by atoms with Gasteiger partial charge >= 0.3 is 5.69 Å². The molecule has 1 aromatic heterocycles. The number of carbonyl (C=O) groups is 1. The number of hydrogen-bond acceptors (Lipinski definition) is 7. The van der Waals surface area contributed by atoms with Gasteiger partial charge in [0.2, 0.25) is 0 Å². The number of amides is 1. The van der Waals surface area contributed by atoms with Crippen LogP contribution in [-0.2, 0) is 0 Å². The van der Waals surface area contributed by atoms with E-state index in [0.717, 1.165) is 11.3 Å². The number of aromatic nitrogens is 4. The van der Waals surface area contributed by atoms with Gasteiger partial charge in [0.1, 0.15) is 0 Å². The first kappa shape index (κ1) is 18.0. The Kier molecular flexibility index (Phi) is 4.79. The van der Waals surface area contributed by atoms with Crippen LogP contribution in [0, 0.1) is 24.0 Å². The third-order valence-electron chi connectivity index (χ3n) is 3.96. The molecule has 2 aromatic carbocycles. The summed E-state index contributed by atoms with van der Waals surface area (Å²) in [5.41, 5.74) is 2.01. The van der Waals surface area contributed by atoms with Crippen molar-refractivity contribution in [3.05, 3.63) is 63.5 Å². The van der Waals surface area contributed by atoms with Crippen LogP contribution in [0.25, 0.3) is 5.69 Å². The number of methoxy groups -OCH3 is 1. The van der Waals surface area contributed by atoms with Crippen LogP contribution >= 0.6 is 0 Å². The summed E-state index contributed by atoms with van der Waals surface area (Å²) in [5, 5.41) is 25.3. The van der Waals surface area contributed by atoms with E-state index in [1.54, 1.807) is 23.7 Å². The molecule has 3 aromatic rings. The molecule has 10 nitrogen and oxygen atoms in total. The van der Waals surface area contributed by atoms with Crippen LogP contribution in [0.2, 0.25) is 0 Å². The molecule has 0 radical (unpaired) electrons. The van der Waals surface area contributed by atoms with Crippen LogP contribution in [0.1, 0.15) is 21.7 Å². The van der Waals surface area contributed by atoms with E-state index in [4.69, 9.17) is 4.74 Å². The summed E-state index contributed by atoms with van der Waals surface area (Å²) in [4.78, 5) is 23.1. The van der Waals surface area contributed by atoms with Crippen molar-refractivity contribution in [1.82, 2.24) is 20.2 Å². The van der Waals surface area contributed by atoms with Gasteiger partial charge in [-0.05, 0) is 54.1 Å². The number of hydrogen-bond donors (Lipinski definition) is 1. The highest BCUT2D eigenvalue weighted by Crippen LogP contribution is 2.28. The zero-order chi connectivity index (χ0) is 19.6. The fourth-order valence-corrected chi connectivity index (χ4v) is 2.55. The van der Waals surface area contributed by atoms with Crippen LogP contribution in [0.15, 0.2) is 36.4 Å². The minimum absolute atomic E-state index is 0.0864. The molecule has 0 atom stereocenters. The number of nitrogens with zero attached hydrogens (tertiary/aromatic N) is 5. The molecule has 138 valence electrons. The van der Waals surface area contributed by atoms with Crippen LogP contribution in [0.4, 0.5) is 11.4 Å². The van der Waals surface area contributed by atoms with Gasteiger partial charge in [-0.1, -0.05) is 6.07 Å². The van der Waals surface area contributed by atoms with Crippen molar-refractivity contribution in [2.45, 2.75) is 13.8 Å².